The van der Waals surface area contributed by atoms with Gasteiger partial charge in [0.05, 0.1) is 11.3 Å². The third-order valence-corrected chi connectivity index (χ3v) is 4.46. The largest absolute Gasteiger partial charge is 0.352 e. The molecule has 1 saturated heterocycles. The topological polar surface area (TPSA) is 70.2 Å². The van der Waals surface area contributed by atoms with E-state index in [0.29, 0.717) is 29.3 Å². The quantitative estimate of drug-likeness (QED) is 0.759. The fourth-order valence-corrected chi connectivity index (χ4v) is 3.02. The van der Waals surface area contributed by atoms with Crippen LogP contribution in [0.2, 0.25) is 0 Å². The first-order valence-corrected chi connectivity index (χ1v) is 8.68. The van der Waals surface area contributed by atoms with Crippen LogP contribution in [0, 0.1) is 5.92 Å². The van der Waals surface area contributed by atoms with E-state index in [4.69, 9.17) is 0 Å². The van der Waals surface area contributed by atoms with E-state index in [2.05, 4.69) is 16.0 Å². The molecule has 0 aliphatic carbocycles. The molecular formula is C20H23N3O2. The molecule has 2 aromatic carbocycles. The van der Waals surface area contributed by atoms with Gasteiger partial charge in [0, 0.05) is 12.1 Å². The number of nitrogens with one attached hydrogen (secondary N) is 3. The Bertz CT molecular complexity index is 725. The van der Waals surface area contributed by atoms with E-state index < -0.39 is 0 Å². The third kappa shape index (κ3) is 4.67. The van der Waals surface area contributed by atoms with Crippen molar-refractivity contribution in [1.82, 2.24) is 10.6 Å². The van der Waals surface area contributed by atoms with Crippen molar-refractivity contribution in [3.05, 3.63) is 65.7 Å². The van der Waals surface area contributed by atoms with Crippen molar-refractivity contribution in [2.24, 2.45) is 5.92 Å². The van der Waals surface area contributed by atoms with Crippen molar-refractivity contribution in [1.29, 1.82) is 0 Å². The molecule has 3 N–H and O–H groups in total. The zero-order chi connectivity index (χ0) is 17.5. The molecule has 5 nitrogen and oxygen atoms in total. The molecule has 0 spiro atoms. The number of anilines is 1. The number of para-hydroxylation sites is 1. The highest BCUT2D eigenvalue weighted by atomic mass is 16.2. The lowest BCUT2D eigenvalue weighted by Crippen LogP contribution is -2.27. The minimum atomic E-state index is -0.224. The van der Waals surface area contributed by atoms with Crippen LogP contribution in [0.4, 0.5) is 5.69 Å². The van der Waals surface area contributed by atoms with Crippen LogP contribution in [0.5, 0.6) is 0 Å². The van der Waals surface area contributed by atoms with E-state index in [9.17, 15) is 9.59 Å². The second kappa shape index (κ2) is 8.44. The van der Waals surface area contributed by atoms with Gasteiger partial charge in [-0.05, 0) is 56.1 Å². The molecule has 2 amide bonds. The first-order valence-electron chi connectivity index (χ1n) is 8.68. The van der Waals surface area contributed by atoms with Crippen LogP contribution in [0.1, 0.15) is 33.6 Å². The Morgan fingerprint density at radius 2 is 1.76 bits per heavy atom. The van der Waals surface area contributed by atoms with Crippen LogP contribution in [0.15, 0.2) is 54.6 Å². The summed E-state index contributed by atoms with van der Waals surface area (Å²) < 4.78 is 0. The molecule has 25 heavy (non-hydrogen) atoms. The van der Waals surface area contributed by atoms with E-state index in [0.717, 1.165) is 19.5 Å². The average molecular weight is 337 g/mol. The Labute approximate surface area is 147 Å². The summed E-state index contributed by atoms with van der Waals surface area (Å²) in [7, 11) is 0. The molecule has 1 aliphatic heterocycles. The molecule has 0 radical (unpaired) electrons. The summed E-state index contributed by atoms with van der Waals surface area (Å²) in [5.41, 5.74) is 1.57. The fraction of sp³-hybridized carbons (Fsp3) is 0.300. The molecule has 0 bridgehead atoms. The number of carbonyl (C=O) groups is 2. The van der Waals surface area contributed by atoms with Gasteiger partial charge in [-0.2, -0.15) is 0 Å². The van der Waals surface area contributed by atoms with E-state index in [1.807, 2.05) is 24.3 Å². The van der Waals surface area contributed by atoms with Gasteiger partial charge in [0.1, 0.15) is 0 Å². The van der Waals surface area contributed by atoms with Crippen LogP contribution in [-0.4, -0.2) is 31.4 Å². The third-order valence-electron chi connectivity index (χ3n) is 4.46. The fourth-order valence-electron chi connectivity index (χ4n) is 3.02. The Morgan fingerprint density at radius 3 is 2.52 bits per heavy atom. The molecule has 1 aliphatic rings. The Balaban J connectivity index is 1.61. The summed E-state index contributed by atoms with van der Waals surface area (Å²) in [5, 5.41) is 9.12. The van der Waals surface area contributed by atoms with Gasteiger partial charge in [-0.25, -0.2) is 0 Å². The first kappa shape index (κ1) is 17.2. The zero-order valence-corrected chi connectivity index (χ0v) is 14.1. The van der Waals surface area contributed by atoms with Crippen LogP contribution in [0.25, 0.3) is 0 Å². The standard InChI is InChI=1S/C20H23N3O2/c24-19(16-6-2-1-3-7-16)23-18-9-5-4-8-17(18)20(25)22-13-11-15-10-12-21-14-15/h1-9,15,21H,10-14H2,(H,22,25)(H,23,24). The second-order valence-electron chi connectivity index (χ2n) is 6.27. The smallest absolute Gasteiger partial charge is 0.255 e. The Morgan fingerprint density at radius 1 is 1.00 bits per heavy atom. The van der Waals surface area contributed by atoms with Crippen LogP contribution < -0.4 is 16.0 Å². The van der Waals surface area contributed by atoms with Gasteiger partial charge in [0.15, 0.2) is 0 Å². The Hall–Kier alpha value is -2.66. The lowest BCUT2D eigenvalue weighted by atomic mass is 10.1. The van der Waals surface area contributed by atoms with Crippen molar-refractivity contribution in [2.45, 2.75) is 12.8 Å². The highest BCUT2D eigenvalue weighted by Crippen LogP contribution is 2.17. The van der Waals surface area contributed by atoms with Gasteiger partial charge in [0.2, 0.25) is 0 Å². The average Bonchev–Trinajstić information content (AvgIpc) is 3.16. The predicted octanol–water partition coefficient (Wildman–Crippen LogP) is 2.67. The van der Waals surface area contributed by atoms with Gasteiger partial charge >= 0.3 is 0 Å². The van der Waals surface area contributed by atoms with Crippen molar-refractivity contribution in [3.63, 3.8) is 0 Å². The highest BCUT2D eigenvalue weighted by Gasteiger charge is 2.16. The summed E-state index contributed by atoms with van der Waals surface area (Å²) in [6, 6.07) is 16.1. The number of hydrogen-bond donors (Lipinski definition) is 3. The first-order chi connectivity index (χ1) is 12.2. The summed E-state index contributed by atoms with van der Waals surface area (Å²) in [6.45, 7) is 2.73. The molecule has 5 heteroatoms. The van der Waals surface area contributed by atoms with Crippen molar-refractivity contribution in [3.8, 4) is 0 Å². The van der Waals surface area contributed by atoms with Crippen molar-refractivity contribution < 1.29 is 9.59 Å². The van der Waals surface area contributed by atoms with E-state index in [-0.39, 0.29) is 11.8 Å². The Kier molecular flexibility index (Phi) is 5.80. The van der Waals surface area contributed by atoms with Crippen molar-refractivity contribution >= 4 is 17.5 Å². The van der Waals surface area contributed by atoms with Gasteiger partial charge in [-0.1, -0.05) is 30.3 Å². The second-order valence-corrected chi connectivity index (χ2v) is 6.27. The molecule has 1 heterocycles. The predicted molar refractivity (Wildman–Crippen MR) is 98.8 cm³/mol. The maximum atomic E-state index is 12.5. The van der Waals surface area contributed by atoms with Crippen LogP contribution in [0.3, 0.4) is 0 Å². The van der Waals surface area contributed by atoms with Gasteiger partial charge in [0.25, 0.3) is 11.8 Å². The van der Waals surface area contributed by atoms with Crippen LogP contribution in [-0.2, 0) is 0 Å². The van der Waals surface area contributed by atoms with Crippen molar-refractivity contribution in [2.75, 3.05) is 25.0 Å². The summed E-state index contributed by atoms with van der Waals surface area (Å²) >= 11 is 0. The van der Waals surface area contributed by atoms with Gasteiger partial charge in [-0.15, -0.1) is 0 Å². The number of benzene rings is 2. The zero-order valence-electron chi connectivity index (χ0n) is 14.1. The summed E-state index contributed by atoms with van der Waals surface area (Å²) in [5.74, 6) is 0.251. The van der Waals surface area contributed by atoms with Gasteiger partial charge in [-0.3, -0.25) is 9.59 Å². The lowest BCUT2D eigenvalue weighted by Gasteiger charge is -2.13. The molecule has 0 saturated carbocycles. The monoisotopic (exact) mass is 337 g/mol. The van der Waals surface area contributed by atoms with E-state index in [1.54, 1.807) is 30.3 Å². The SMILES string of the molecule is O=C(Nc1ccccc1C(=O)NCCC1CCNC1)c1ccccc1. The molecule has 3 rings (SSSR count). The number of hydrogen-bond acceptors (Lipinski definition) is 3. The molecular weight excluding hydrogens is 314 g/mol. The molecule has 130 valence electrons. The maximum Gasteiger partial charge on any atom is 0.255 e. The minimum Gasteiger partial charge on any atom is -0.352 e. The van der Waals surface area contributed by atoms with Gasteiger partial charge < -0.3 is 16.0 Å². The summed E-state index contributed by atoms with van der Waals surface area (Å²) in [6.07, 6.45) is 2.14. The summed E-state index contributed by atoms with van der Waals surface area (Å²) in [4.78, 5) is 24.8. The van der Waals surface area contributed by atoms with E-state index >= 15 is 0 Å². The van der Waals surface area contributed by atoms with E-state index in [1.165, 1.54) is 6.42 Å². The van der Waals surface area contributed by atoms with Crippen LogP contribution >= 0.6 is 0 Å². The molecule has 1 atom stereocenters. The minimum absolute atomic E-state index is 0.157. The molecule has 1 unspecified atom stereocenters. The highest BCUT2D eigenvalue weighted by molar-refractivity contribution is 6.08. The maximum absolute atomic E-state index is 12.5. The molecule has 0 aromatic heterocycles. The lowest BCUT2D eigenvalue weighted by molar-refractivity contribution is 0.0952. The normalized spacial score (nSPS) is 16.4. The molecule has 1 fully saturated rings. The number of carbonyl (C=O) groups excluding carboxylic acids is 2. The number of amides is 2. The number of rotatable bonds is 6. The molecule has 2 aromatic rings.